The number of aromatic nitrogens is 1. The predicted octanol–water partition coefficient (Wildman–Crippen LogP) is 1.99. The van der Waals surface area contributed by atoms with Gasteiger partial charge in [0, 0.05) is 43.7 Å². The van der Waals surface area contributed by atoms with Crippen molar-refractivity contribution in [3.8, 4) is 0 Å². The van der Waals surface area contributed by atoms with Crippen molar-refractivity contribution < 1.29 is 19.4 Å². The third-order valence-electron chi connectivity index (χ3n) is 8.02. The highest BCUT2D eigenvalue weighted by molar-refractivity contribution is 6.34. The van der Waals surface area contributed by atoms with Crippen LogP contribution in [0.3, 0.4) is 0 Å². The number of rotatable bonds is 4. The molecule has 2 unspecified atom stereocenters. The summed E-state index contributed by atoms with van der Waals surface area (Å²) in [5.41, 5.74) is 0.652. The summed E-state index contributed by atoms with van der Waals surface area (Å²) in [5.74, 6) is 1.40. The molecule has 1 aromatic heterocycles. The number of pyridine rings is 1. The average Bonchev–Trinajstić information content (AvgIpc) is 3.09. The van der Waals surface area contributed by atoms with Gasteiger partial charge in [0.15, 0.2) is 0 Å². The molecule has 4 fully saturated rings. The van der Waals surface area contributed by atoms with Crippen molar-refractivity contribution in [3.05, 3.63) is 29.4 Å². The van der Waals surface area contributed by atoms with E-state index in [2.05, 4.69) is 33.1 Å². The maximum atomic E-state index is 12.6. The van der Waals surface area contributed by atoms with Crippen molar-refractivity contribution in [2.24, 2.45) is 17.8 Å². The number of nitrogens with one attached hydrogen (secondary N) is 1. The number of benzene rings is 1. The molecular formula is C24H29ClN4O4. The number of ether oxygens (including phenoxy) is 2. The number of fused-ring (bicyclic) bond motifs is 2. The summed E-state index contributed by atoms with van der Waals surface area (Å²) in [6, 6.07) is 5.94. The summed E-state index contributed by atoms with van der Waals surface area (Å²) < 4.78 is 10.9. The van der Waals surface area contributed by atoms with Gasteiger partial charge in [0.1, 0.15) is 5.82 Å². The zero-order valence-corrected chi connectivity index (χ0v) is 19.4. The standard InChI is InChI=1S/C24H29ClN4O4/c1-24(13-33-12-20(24)30)29-4-2-28(3-5-29)19-7-14-8-21(26-9-15(14)6-18(19)25)27-23(31)22-16-10-32-11-17(16)22/h6-9,16-17,20,22,30H,2-5,10-13H2,1H3,(H,26,27,31)/t16-,17?,20+,22?,24-/m0/s1. The van der Waals surface area contributed by atoms with Crippen molar-refractivity contribution in [2.75, 3.05) is 62.8 Å². The molecule has 1 amide bonds. The molecule has 4 heterocycles. The minimum Gasteiger partial charge on any atom is -0.389 e. The van der Waals surface area contributed by atoms with E-state index >= 15 is 0 Å². The molecule has 33 heavy (non-hydrogen) atoms. The number of carbonyl (C=O) groups excluding carboxylic acids is 1. The molecule has 8 nitrogen and oxygen atoms in total. The highest BCUT2D eigenvalue weighted by Gasteiger charge is 2.58. The summed E-state index contributed by atoms with van der Waals surface area (Å²) in [5, 5.41) is 16.0. The third-order valence-corrected chi connectivity index (χ3v) is 8.33. The summed E-state index contributed by atoms with van der Waals surface area (Å²) >= 11 is 6.65. The summed E-state index contributed by atoms with van der Waals surface area (Å²) in [6.45, 7) is 7.70. The van der Waals surface area contributed by atoms with Gasteiger partial charge in [-0.3, -0.25) is 9.69 Å². The summed E-state index contributed by atoms with van der Waals surface area (Å²) in [6.07, 6.45) is 1.30. The van der Waals surface area contributed by atoms with Gasteiger partial charge in [-0.05, 0) is 42.3 Å². The van der Waals surface area contributed by atoms with Crippen LogP contribution in [0.25, 0.3) is 10.8 Å². The first-order valence-corrected chi connectivity index (χ1v) is 12.1. The van der Waals surface area contributed by atoms with Crippen LogP contribution in [0.2, 0.25) is 5.02 Å². The second kappa shape index (κ2) is 8.06. The van der Waals surface area contributed by atoms with Crippen molar-refractivity contribution in [1.29, 1.82) is 0 Å². The van der Waals surface area contributed by atoms with E-state index < -0.39 is 6.10 Å². The Bertz CT molecular complexity index is 1080. The monoisotopic (exact) mass is 472 g/mol. The van der Waals surface area contributed by atoms with Crippen molar-refractivity contribution in [3.63, 3.8) is 0 Å². The zero-order chi connectivity index (χ0) is 22.7. The maximum absolute atomic E-state index is 12.6. The van der Waals surface area contributed by atoms with E-state index in [1.807, 2.05) is 12.1 Å². The van der Waals surface area contributed by atoms with Crippen LogP contribution in [0.4, 0.5) is 11.5 Å². The van der Waals surface area contributed by atoms with Crippen LogP contribution in [-0.4, -0.2) is 85.1 Å². The Hall–Kier alpha value is -1.97. The topological polar surface area (TPSA) is 87.2 Å². The molecule has 0 bridgehead atoms. The number of hydrogen-bond acceptors (Lipinski definition) is 7. The quantitative estimate of drug-likeness (QED) is 0.703. The van der Waals surface area contributed by atoms with Crippen LogP contribution >= 0.6 is 11.6 Å². The first-order chi connectivity index (χ1) is 15.9. The molecule has 2 N–H and O–H groups in total. The highest BCUT2D eigenvalue weighted by Crippen LogP contribution is 2.51. The van der Waals surface area contributed by atoms with Crippen LogP contribution in [0.5, 0.6) is 0 Å². The fraction of sp³-hybridized carbons (Fsp3) is 0.583. The first kappa shape index (κ1) is 21.6. The Labute approximate surface area is 197 Å². The number of piperazine rings is 1. The fourth-order valence-corrected chi connectivity index (χ4v) is 6.01. The van der Waals surface area contributed by atoms with Gasteiger partial charge in [0.05, 0.1) is 48.8 Å². The van der Waals surface area contributed by atoms with Gasteiger partial charge in [-0.1, -0.05) is 11.6 Å². The van der Waals surface area contributed by atoms with Crippen molar-refractivity contribution in [2.45, 2.75) is 18.6 Å². The second-order valence-electron chi connectivity index (χ2n) is 9.96. The van der Waals surface area contributed by atoms with E-state index in [4.69, 9.17) is 21.1 Å². The normalized spacial score (nSPS) is 34.0. The van der Waals surface area contributed by atoms with E-state index in [1.54, 1.807) is 6.20 Å². The van der Waals surface area contributed by atoms with Gasteiger partial charge in [-0.2, -0.15) is 0 Å². The molecule has 2 aromatic rings. The molecule has 0 radical (unpaired) electrons. The fourth-order valence-electron chi connectivity index (χ4n) is 5.72. The Balaban J connectivity index is 1.17. The molecule has 0 spiro atoms. The lowest BCUT2D eigenvalue weighted by Crippen LogP contribution is -2.60. The summed E-state index contributed by atoms with van der Waals surface area (Å²) in [7, 11) is 0. The molecule has 3 saturated heterocycles. The number of halogens is 1. The summed E-state index contributed by atoms with van der Waals surface area (Å²) in [4.78, 5) is 21.7. The number of carbonyl (C=O) groups is 1. The van der Waals surface area contributed by atoms with Crippen molar-refractivity contribution >= 4 is 39.8 Å². The lowest BCUT2D eigenvalue weighted by atomic mass is 9.95. The van der Waals surface area contributed by atoms with E-state index in [0.717, 1.165) is 42.6 Å². The Kier molecular flexibility index (Phi) is 5.27. The van der Waals surface area contributed by atoms with Gasteiger partial charge < -0.3 is 24.8 Å². The van der Waals surface area contributed by atoms with E-state index in [1.165, 1.54) is 0 Å². The average molecular weight is 473 g/mol. The third kappa shape index (κ3) is 3.68. The Morgan fingerprint density at radius 1 is 1.12 bits per heavy atom. The molecule has 5 atom stereocenters. The van der Waals surface area contributed by atoms with Crippen LogP contribution in [0.1, 0.15) is 6.92 Å². The van der Waals surface area contributed by atoms with Gasteiger partial charge >= 0.3 is 0 Å². The largest absolute Gasteiger partial charge is 0.389 e. The number of aliphatic hydroxyl groups is 1. The van der Waals surface area contributed by atoms with Crippen molar-refractivity contribution in [1.82, 2.24) is 9.88 Å². The predicted molar refractivity (Wildman–Crippen MR) is 126 cm³/mol. The number of hydrogen-bond donors (Lipinski definition) is 2. The lowest BCUT2D eigenvalue weighted by molar-refractivity contribution is -0.118. The molecule has 3 aliphatic heterocycles. The molecule has 1 aromatic carbocycles. The molecule has 6 rings (SSSR count). The van der Waals surface area contributed by atoms with Crippen LogP contribution in [0.15, 0.2) is 24.4 Å². The molecule has 1 saturated carbocycles. The van der Waals surface area contributed by atoms with E-state index in [-0.39, 0.29) is 17.4 Å². The minimum absolute atomic E-state index is 0.0389. The lowest BCUT2D eigenvalue weighted by Gasteiger charge is -2.45. The van der Waals surface area contributed by atoms with Gasteiger partial charge in [-0.15, -0.1) is 0 Å². The maximum Gasteiger partial charge on any atom is 0.229 e. The number of amides is 1. The molecular weight excluding hydrogens is 444 g/mol. The molecule has 4 aliphatic rings. The molecule has 1 aliphatic carbocycles. The van der Waals surface area contributed by atoms with E-state index in [9.17, 15) is 9.90 Å². The van der Waals surface area contributed by atoms with Gasteiger partial charge in [-0.25, -0.2) is 4.98 Å². The van der Waals surface area contributed by atoms with Gasteiger partial charge in [0.25, 0.3) is 0 Å². The number of anilines is 2. The Morgan fingerprint density at radius 2 is 1.88 bits per heavy atom. The number of nitrogens with zero attached hydrogens (tertiary/aromatic N) is 3. The minimum atomic E-state index is -0.461. The van der Waals surface area contributed by atoms with Crippen LogP contribution < -0.4 is 10.2 Å². The SMILES string of the molecule is C[C@]1(N2CCN(c3cc4cc(NC(=O)C5C6COC[C@@H]65)ncc4cc3Cl)CC2)COC[C@H]1O. The van der Waals surface area contributed by atoms with Crippen LogP contribution in [-0.2, 0) is 14.3 Å². The number of aliphatic hydroxyl groups excluding tert-OH is 1. The van der Waals surface area contributed by atoms with Crippen LogP contribution in [0, 0.1) is 17.8 Å². The Morgan fingerprint density at radius 3 is 2.58 bits per heavy atom. The molecule has 176 valence electrons. The van der Waals surface area contributed by atoms with Gasteiger partial charge in [0.2, 0.25) is 5.91 Å². The second-order valence-corrected chi connectivity index (χ2v) is 10.4. The zero-order valence-electron chi connectivity index (χ0n) is 18.7. The highest BCUT2D eigenvalue weighted by atomic mass is 35.5. The smallest absolute Gasteiger partial charge is 0.229 e. The van der Waals surface area contributed by atoms with E-state index in [0.29, 0.717) is 49.1 Å². The molecule has 9 heteroatoms. The first-order valence-electron chi connectivity index (χ1n) is 11.7.